The average molecular weight is 371 g/mol. The summed E-state index contributed by atoms with van der Waals surface area (Å²) >= 11 is 0. The van der Waals surface area contributed by atoms with Gasteiger partial charge in [-0.05, 0) is 33.6 Å². The summed E-state index contributed by atoms with van der Waals surface area (Å²) in [6.45, 7) is 11.5. The predicted octanol–water partition coefficient (Wildman–Crippen LogP) is 2.85. The third-order valence-electron chi connectivity index (χ3n) is 5.18. The molecule has 0 saturated carbocycles. The summed E-state index contributed by atoms with van der Waals surface area (Å²) in [4.78, 5) is 12.8. The van der Waals surface area contributed by atoms with Gasteiger partial charge in [0, 0.05) is 24.7 Å². The van der Waals surface area contributed by atoms with Crippen LogP contribution in [-0.2, 0) is 31.2 Å². The second kappa shape index (κ2) is 6.50. The van der Waals surface area contributed by atoms with Crippen molar-refractivity contribution in [3.8, 4) is 0 Å². The van der Waals surface area contributed by atoms with E-state index in [0.29, 0.717) is 37.5 Å². The average Bonchev–Trinajstić information content (AvgIpc) is 2.96. The fraction of sp³-hybridized carbons (Fsp3) is 0.778. The largest absolute Gasteiger partial charge is 0.381 e. The molecule has 0 atom stereocenters. The second-order valence-electron chi connectivity index (χ2n) is 8.61. The zero-order valence-corrected chi connectivity index (χ0v) is 16.8. The molecule has 0 amide bonds. The third kappa shape index (κ3) is 3.67. The minimum Gasteiger partial charge on any atom is -0.381 e. The zero-order valence-electron chi connectivity index (χ0n) is 16.0. The molecule has 2 rings (SSSR count). The first-order valence-corrected chi connectivity index (χ1v) is 10.1. The molecule has 142 valence electrons. The van der Waals surface area contributed by atoms with Crippen LogP contribution in [0.4, 0.5) is 0 Å². The standard InChI is InChI=1S/C18H29NO5S/c1-16(2,3)15-12-13(19-24-15)11-14(20)17(4,5)25(21,22)18(6)7-9-23-10-8-18/h12H,7-11H2,1-6H3. The van der Waals surface area contributed by atoms with Crippen molar-refractivity contribution in [2.75, 3.05) is 13.2 Å². The molecule has 0 aliphatic carbocycles. The number of ketones is 1. The lowest BCUT2D eigenvalue weighted by Crippen LogP contribution is -2.54. The molecule has 1 saturated heterocycles. The molecule has 25 heavy (non-hydrogen) atoms. The molecule has 1 aromatic heterocycles. The van der Waals surface area contributed by atoms with Crippen LogP contribution in [0, 0.1) is 0 Å². The van der Waals surface area contributed by atoms with Gasteiger partial charge in [0.2, 0.25) is 0 Å². The Bertz CT molecular complexity index is 734. The van der Waals surface area contributed by atoms with Crippen LogP contribution in [0.2, 0.25) is 0 Å². The van der Waals surface area contributed by atoms with Gasteiger partial charge in [-0.2, -0.15) is 0 Å². The number of hydrogen-bond acceptors (Lipinski definition) is 6. The number of hydrogen-bond donors (Lipinski definition) is 0. The molecule has 0 bridgehead atoms. The Morgan fingerprint density at radius 3 is 2.24 bits per heavy atom. The van der Waals surface area contributed by atoms with Crippen LogP contribution < -0.4 is 0 Å². The van der Waals surface area contributed by atoms with Crippen LogP contribution in [0.5, 0.6) is 0 Å². The van der Waals surface area contributed by atoms with E-state index in [4.69, 9.17) is 9.26 Å². The molecule has 0 spiro atoms. The lowest BCUT2D eigenvalue weighted by atomic mass is 9.92. The molecule has 1 aromatic rings. The van der Waals surface area contributed by atoms with Crippen LogP contribution in [0.25, 0.3) is 0 Å². The van der Waals surface area contributed by atoms with Gasteiger partial charge in [-0.3, -0.25) is 4.79 Å². The fourth-order valence-electron chi connectivity index (χ4n) is 2.96. The van der Waals surface area contributed by atoms with Crippen LogP contribution in [0.3, 0.4) is 0 Å². The van der Waals surface area contributed by atoms with E-state index in [2.05, 4.69) is 5.16 Å². The Morgan fingerprint density at radius 2 is 1.76 bits per heavy atom. The summed E-state index contributed by atoms with van der Waals surface area (Å²) in [5, 5.41) is 3.94. The van der Waals surface area contributed by atoms with Crippen LogP contribution in [-0.4, -0.2) is 42.1 Å². The Morgan fingerprint density at radius 1 is 1.20 bits per heavy atom. The zero-order chi connectivity index (χ0) is 19.1. The molecular formula is C18H29NO5S. The van der Waals surface area contributed by atoms with Crippen molar-refractivity contribution in [1.29, 1.82) is 0 Å². The van der Waals surface area contributed by atoms with E-state index >= 15 is 0 Å². The van der Waals surface area contributed by atoms with Gasteiger partial charge in [0.05, 0.1) is 16.9 Å². The first kappa shape index (κ1) is 20.1. The number of ether oxygens (including phenoxy) is 1. The molecule has 0 radical (unpaired) electrons. The second-order valence-corrected chi connectivity index (χ2v) is 11.6. The molecule has 0 aromatic carbocycles. The number of rotatable bonds is 5. The Kier molecular flexibility index (Phi) is 5.23. The van der Waals surface area contributed by atoms with Crippen molar-refractivity contribution >= 4 is 15.6 Å². The minimum atomic E-state index is -3.69. The van der Waals surface area contributed by atoms with Crippen molar-refractivity contribution in [1.82, 2.24) is 5.16 Å². The number of carbonyl (C=O) groups excluding carboxylic acids is 1. The molecular weight excluding hydrogens is 342 g/mol. The van der Waals surface area contributed by atoms with E-state index in [1.54, 1.807) is 13.0 Å². The van der Waals surface area contributed by atoms with Crippen LogP contribution >= 0.6 is 0 Å². The lowest BCUT2D eigenvalue weighted by Gasteiger charge is -2.39. The van der Waals surface area contributed by atoms with E-state index in [1.165, 1.54) is 13.8 Å². The molecule has 1 fully saturated rings. The molecule has 7 heteroatoms. The van der Waals surface area contributed by atoms with Crippen molar-refractivity contribution in [2.45, 2.75) is 75.7 Å². The van der Waals surface area contributed by atoms with Crippen LogP contribution in [0.1, 0.15) is 65.8 Å². The third-order valence-corrected chi connectivity index (χ3v) is 8.46. The molecule has 1 aliphatic heterocycles. The number of sulfone groups is 1. The van der Waals surface area contributed by atoms with Gasteiger partial charge in [-0.1, -0.05) is 25.9 Å². The summed E-state index contributed by atoms with van der Waals surface area (Å²) in [6.07, 6.45) is 0.757. The Balaban J connectivity index is 2.23. The first-order chi connectivity index (χ1) is 11.3. The van der Waals surface area contributed by atoms with Gasteiger partial charge in [-0.15, -0.1) is 0 Å². The van der Waals surface area contributed by atoms with Crippen molar-refractivity contribution in [3.05, 3.63) is 17.5 Å². The van der Waals surface area contributed by atoms with E-state index < -0.39 is 19.3 Å². The van der Waals surface area contributed by atoms with E-state index in [-0.39, 0.29) is 17.6 Å². The Labute approximate surface area is 150 Å². The van der Waals surface area contributed by atoms with E-state index in [9.17, 15) is 13.2 Å². The summed E-state index contributed by atoms with van der Waals surface area (Å²) < 4.78 is 34.6. The smallest absolute Gasteiger partial charge is 0.168 e. The molecule has 0 N–H and O–H groups in total. The highest BCUT2D eigenvalue weighted by Crippen LogP contribution is 2.38. The highest BCUT2D eigenvalue weighted by molar-refractivity contribution is 7.94. The van der Waals surface area contributed by atoms with Crippen molar-refractivity contribution < 1.29 is 22.5 Å². The van der Waals surface area contributed by atoms with Crippen LogP contribution in [0.15, 0.2) is 10.6 Å². The van der Waals surface area contributed by atoms with E-state index in [1.807, 2.05) is 20.8 Å². The number of aromatic nitrogens is 1. The summed E-state index contributed by atoms with van der Waals surface area (Å²) in [6, 6.07) is 1.73. The summed E-state index contributed by atoms with van der Waals surface area (Å²) in [5.41, 5.74) is 0.251. The number of nitrogens with zero attached hydrogens (tertiary/aromatic N) is 1. The molecule has 0 unspecified atom stereocenters. The van der Waals surface area contributed by atoms with Gasteiger partial charge >= 0.3 is 0 Å². The van der Waals surface area contributed by atoms with Gasteiger partial charge < -0.3 is 9.26 Å². The topological polar surface area (TPSA) is 86.5 Å². The highest BCUT2D eigenvalue weighted by Gasteiger charge is 2.52. The number of carbonyl (C=O) groups is 1. The number of Topliss-reactive ketones (excluding diaryl/α,β-unsaturated/α-hetero) is 1. The van der Waals surface area contributed by atoms with E-state index in [0.717, 1.165) is 0 Å². The molecule has 6 nitrogen and oxygen atoms in total. The predicted molar refractivity (Wildman–Crippen MR) is 95.4 cm³/mol. The monoisotopic (exact) mass is 371 g/mol. The first-order valence-electron chi connectivity index (χ1n) is 8.62. The van der Waals surface area contributed by atoms with Crippen molar-refractivity contribution in [3.63, 3.8) is 0 Å². The molecule has 2 heterocycles. The maximum atomic E-state index is 13.2. The van der Waals surface area contributed by atoms with Crippen molar-refractivity contribution in [2.24, 2.45) is 0 Å². The summed E-state index contributed by atoms with van der Waals surface area (Å²) in [7, 11) is -3.69. The molecule has 1 aliphatic rings. The maximum absolute atomic E-state index is 13.2. The fourth-order valence-corrected chi connectivity index (χ4v) is 5.27. The minimum absolute atomic E-state index is 0.0572. The lowest BCUT2D eigenvalue weighted by molar-refractivity contribution is -0.120. The van der Waals surface area contributed by atoms with Gasteiger partial charge in [-0.25, -0.2) is 8.42 Å². The van der Waals surface area contributed by atoms with Gasteiger partial charge in [0.1, 0.15) is 10.5 Å². The summed E-state index contributed by atoms with van der Waals surface area (Å²) in [5.74, 6) is 0.307. The quantitative estimate of drug-likeness (QED) is 0.791. The maximum Gasteiger partial charge on any atom is 0.168 e. The SMILES string of the molecule is CC(C)(C)c1cc(CC(=O)C(C)(C)S(=O)(=O)C2(C)CCOCC2)no1. The Hall–Kier alpha value is -1.21. The van der Waals surface area contributed by atoms with Gasteiger partial charge in [0.25, 0.3) is 0 Å². The van der Waals surface area contributed by atoms with Gasteiger partial charge in [0.15, 0.2) is 15.6 Å². The normalized spacial score (nSPS) is 19.0. The highest BCUT2D eigenvalue weighted by atomic mass is 32.2.